The second-order valence-corrected chi connectivity index (χ2v) is 4.86. The van der Waals surface area contributed by atoms with Gasteiger partial charge in [0.05, 0.1) is 11.5 Å². The molecule has 0 bridgehead atoms. The number of hydrogen-bond donors (Lipinski definition) is 1. The van der Waals surface area contributed by atoms with Crippen LogP contribution in [0.15, 0.2) is 24.5 Å². The lowest BCUT2D eigenvalue weighted by Crippen LogP contribution is -2.39. The van der Waals surface area contributed by atoms with Gasteiger partial charge in [-0.05, 0) is 37.5 Å². The molecule has 0 aromatic carbocycles. The lowest BCUT2D eigenvalue weighted by Gasteiger charge is -2.28. The zero-order valence-electron chi connectivity index (χ0n) is 10.4. The summed E-state index contributed by atoms with van der Waals surface area (Å²) in [6.07, 6.45) is 5.35. The van der Waals surface area contributed by atoms with Crippen molar-refractivity contribution in [1.82, 2.24) is 9.88 Å². The highest BCUT2D eigenvalue weighted by Gasteiger charge is 2.50. The van der Waals surface area contributed by atoms with E-state index in [1.807, 2.05) is 26.1 Å². The van der Waals surface area contributed by atoms with Gasteiger partial charge in [0, 0.05) is 26.0 Å². The van der Waals surface area contributed by atoms with E-state index in [0.29, 0.717) is 6.54 Å². The van der Waals surface area contributed by atoms with Crippen LogP contribution in [0.3, 0.4) is 0 Å². The van der Waals surface area contributed by atoms with Gasteiger partial charge in [-0.25, -0.2) is 0 Å². The molecule has 1 saturated carbocycles. The second kappa shape index (κ2) is 4.45. The Labute approximate surface area is 102 Å². The molecular weight excluding hydrogens is 214 g/mol. The average Bonchev–Trinajstić information content (AvgIpc) is 3.18. The van der Waals surface area contributed by atoms with Crippen LogP contribution in [0.5, 0.6) is 0 Å². The standard InChI is InChI=1S/C13H19N3O/c1-10(11-3-7-15-8-4-11)16(2)12(17)13(9-14)5-6-13/h3-4,7-8,10H,5-6,9,14H2,1-2H3. The fraction of sp³-hybridized carbons (Fsp3) is 0.538. The Morgan fingerprint density at radius 2 is 2.12 bits per heavy atom. The largest absolute Gasteiger partial charge is 0.338 e. The minimum atomic E-state index is -0.268. The number of pyridine rings is 1. The maximum Gasteiger partial charge on any atom is 0.230 e. The van der Waals surface area contributed by atoms with E-state index in [1.165, 1.54) is 0 Å². The smallest absolute Gasteiger partial charge is 0.230 e. The predicted octanol–water partition coefficient (Wildman–Crippen LogP) is 1.34. The summed E-state index contributed by atoms with van der Waals surface area (Å²) in [5, 5.41) is 0. The fourth-order valence-corrected chi connectivity index (χ4v) is 2.07. The Morgan fingerprint density at radius 3 is 2.59 bits per heavy atom. The van der Waals surface area contributed by atoms with Crippen molar-refractivity contribution in [3.05, 3.63) is 30.1 Å². The minimum absolute atomic E-state index is 0.0644. The van der Waals surface area contributed by atoms with E-state index in [-0.39, 0.29) is 17.4 Å². The van der Waals surface area contributed by atoms with Crippen LogP contribution in [-0.2, 0) is 4.79 Å². The molecule has 2 rings (SSSR count). The summed E-state index contributed by atoms with van der Waals surface area (Å²) < 4.78 is 0. The molecule has 0 spiro atoms. The van der Waals surface area contributed by atoms with Crippen molar-refractivity contribution < 1.29 is 4.79 Å². The molecule has 0 saturated heterocycles. The monoisotopic (exact) mass is 233 g/mol. The Hall–Kier alpha value is -1.42. The molecule has 1 heterocycles. The highest BCUT2D eigenvalue weighted by Crippen LogP contribution is 2.46. The van der Waals surface area contributed by atoms with Crippen LogP contribution < -0.4 is 5.73 Å². The van der Waals surface area contributed by atoms with E-state index in [9.17, 15) is 4.79 Å². The molecular formula is C13H19N3O. The lowest BCUT2D eigenvalue weighted by molar-refractivity contribution is -0.137. The normalized spacial score (nSPS) is 18.5. The van der Waals surface area contributed by atoms with Crippen molar-refractivity contribution in [1.29, 1.82) is 0 Å². The van der Waals surface area contributed by atoms with Crippen LogP contribution in [0.4, 0.5) is 0 Å². The maximum atomic E-state index is 12.3. The minimum Gasteiger partial charge on any atom is -0.338 e. The number of hydrogen-bond acceptors (Lipinski definition) is 3. The van der Waals surface area contributed by atoms with Gasteiger partial charge < -0.3 is 10.6 Å². The Balaban J connectivity index is 2.10. The van der Waals surface area contributed by atoms with Crippen LogP contribution in [-0.4, -0.2) is 29.4 Å². The van der Waals surface area contributed by atoms with Crippen molar-refractivity contribution >= 4 is 5.91 Å². The van der Waals surface area contributed by atoms with Gasteiger partial charge in [0.2, 0.25) is 5.91 Å². The molecule has 17 heavy (non-hydrogen) atoms. The van der Waals surface area contributed by atoms with E-state index in [2.05, 4.69) is 4.98 Å². The molecule has 4 nitrogen and oxygen atoms in total. The fourth-order valence-electron chi connectivity index (χ4n) is 2.07. The SMILES string of the molecule is CC(c1ccncc1)N(C)C(=O)C1(CN)CC1. The van der Waals surface area contributed by atoms with Crippen LogP contribution in [0, 0.1) is 5.41 Å². The van der Waals surface area contributed by atoms with Crippen LogP contribution in [0.1, 0.15) is 31.4 Å². The predicted molar refractivity (Wildman–Crippen MR) is 66.1 cm³/mol. The van der Waals surface area contributed by atoms with Gasteiger partial charge in [-0.3, -0.25) is 9.78 Å². The number of amides is 1. The van der Waals surface area contributed by atoms with E-state index in [1.54, 1.807) is 17.3 Å². The Morgan fingerprint density at radius 1 is 1.53 bits per heavy atom. The third-order valence-electron chi connectivity index (χ3n) is 3.79. The summed E-state index contributed by atoms with van der Waals surface area (Å²) in [5.41, 5.74) is 6.52. The summed E-state index contributed by atoms with van der Waals surface area (Å²) in [4.78, 5) is 18.1. The van der Waals surface area contributed by atoms with Gasteiger partial charge in [0.1, 0.15) is 0 Å². The number of carbonyl (C=O) groups excluding carboxylic acids is 1. The molecule has 1 aliphatic rings. The lowest BCUT2D eigenvalue weighted by atomic mass is 10.0. The van der Waals surface area contributed by atoms with Crippen LogP contribution in [0.2, 0.25) is 0 Å². The van der Waals surface area contributed by atoms with Crippen molar-refractivity contribution in [2.75, 3.05) is 13.6 Å². The molecule has 1 unspecified atom stereocenters. The Bertz CT molecular complexity index is 400. The molecule has 1 fully saturated rings. The van der Waals surface area contributed by atoms with Crippen molar-refractivity contribution in [2.45, 2.75) is 25.8 Å². The average molecular weight is 233 g/mol. The highest BCUT2D eigenvalue weighted by atomic mass is 16.2. The van der Waals surface area contributed by atoms with E-state index in [4.69, 9.17) is 5.73 Å². The molecule has 1 atom stereocenters. The van der Waals surface area contributed by atoms with Gasteiger partial charge in [-0.2, -0.15) is 0 Å². The number of rotatable bonds is 4. The summed E-state index contributed by atoms with van der Waals surface area (Å²) in [5.74, 6) is 0.171. The summed E-state index contributed by atoms with van der Waals surface area (Å²) in [6, 6.07) is 3.95. The molecule has 1 aromatic rings. The van der Waals surface area contributed by atoms with Gasteiger partial charge in [0.25, 0.3) is 0 Å². The molecule has 1 aliphatic carbocycles. The molecule has 4 heteroatoms. The van der Waals surface area contributed by atoms with Crippen LogP contribution >= 0.6 is 0 Å². The second-order valence-electron chi connectivity index (χ2n) is 4.86. The first-order valence-electron chi connectivity index (χ1n) is 5.98. The van der Waals surface area contributed by atoms with Crippen LogP contribution in [0.25, 0.3) is 0 Å². The molecule has 92 valence electrons. The zero-order valence-corrected chi connectivity index (χ0v) is 10.4. The summed E-state index contributed by atoms with van der Waals surface area (Å²) >= 11 is 0. The zero-order chi connectivity index (χ0) is 12.5. The first-order valence-corrected chi connectivity index (χ1v) is 5.98. The van der Waals surface area contributed by atoms with Gasteiger partial charge in [-0.1, -0.05) is 0 Å². The molecule has 0 aliphatic heterocycles. The van der Waals surface area contributed by atoms with E-state index in [0.717, 1.165) is 18.4 Å². The maximum absolute atomic E-state index is 12.3. The van der Waals surface area contributed by atoms with Crippen molar-refractivity contribution in [3.63, 3.8) is 0 Å². The van der Waals surface area contributed by atoms with Crippen molar-refractivity contribution in [3.8, 4) is 0 Å². The third-order valence-corrected chi connectivity index (χ3v) is 3.79. The van der Waals surface area contributed by atoms with E-state index >= 15 is 0 Å². The van der Waals surface area contributed by atoms with Gasteiger partial charge in [-0.15, -0.1) is 0 Å². The number of aromatic nitrogens is 1. The summed E-state index contributed by atoms with van der Waals surface area (Å²) in [7, 11) is 1.85. The number of nitrogens with zero attached hydrogens (tertiary/aromatic N) is 2. The highest BCUT2D eigenvalue weighted by molar-refractivity contribution is 5.85. The van der Waals surface area contributed by atoms with Gasteiger partial charge in [0.15, 0.2) is 0 Å². The topological polar surface area (TPSA) is 59.2 Å². The third kappa shape index (κ3) is 2.17. The molecule has 0 radical (unpaired) electrons. The number of nitrogens with two attached hydrogens (primary N) is 1. The molecule has 2 N–H and O–H groups in total. The first kappa shape index (κ1) is 12.0. The number of carbonyl (C=O) groups is 1. The quantitative estimate of drug-likeness (QED) is 0.853. The van der Waals surface area contributed by atoms with Crippen molar-refractivity contribution in [2.24, 2.45) is 11.1 Å². The van der Waals surface area contributed by atoms with Gasteiger partial charge >= 0.3 is 0 Å². The summed E-state index contributed by atoms with van der Waals surface area (Å²) in [6.45, 7) is 2.49. The first-order chi connectivity index (χ1) is 8.10. The molecule has 1 aromatic heterocycles. The molecule has 1 amide bonds. The van der Waals surface area contributed by atoms with E-state index < -0.39 is 0 Å². The Kier molecular flexibility index (Phi) is 3.15.